The van der Waals surface area contributed by atoms with E-state index in [4.69, 9.17) is 0 Å². The Balaban J connectivity index is 1.37. The van der Waals surface area contributed by atoms with Crippen molar-refractivity contribution in [1.82, 2.24) is 29.5 Å². The van der Waals surface area contributed by atoms with Crippen molar-refractivity contribution in [3.63, 3.8) is 0 Å². The van der Waals surface area contributed by atoms with Crippen molar-refractivity contribution in [3.05, 3.63) is 78.5 Å². The number of rotatable bonds is 3. The van der Waals surface area contributed by atoms with Gasteiger partial charge >= 0.3 is 0 Å². The van der Waals surface area contributed by atoms with E-state index in [1.54, 1.807) is 17.1 Å². The molecule has 32 heavy (non-hydrogen) atoms. The molecular weight excluding hydrogens is 404 g/mol. The van der Waals surface area contributed by atoms with Crippen LogP contribution >= 0.6 is 0 Å². The zero-order valence-electron chi connectivity index (χ0n) is 18.0. The molecule has 0 unspecified atom stereocenters. The van der Waals surface area contributed by atoms with E-state index in [1.165, 1.54) is 6.33 Å². The van der Waals surface area contributed by atoms with Gasteiger partial charge in [-0.3, -0.25) is 9.59 Å². The Kier molecular flexibility index (Phi) is 4.97. The number of H-pyrrole nitrogens is 1. The number of carbonyl (C=O) groups excluding carboxylic acids is 2. The second-order valence-electron chi connectivity index (χ2n) is 8.12. The van der Waals surface area contributed by atoms with Crippen LogP contribution in [0.2, 0.25) is 0 Å². The summed E-state index contributed by atoms with van der Waals surface area (Å²) in [5.74, 6) is -0.0844. The smallest absolute Gasteiger partial charge is 0.256 e. The third-order valence-electron chi connectivity index (χ3n) is 6.39. The van der Waals surface area contributed by atoms with E-state index in [1.807, 2.05) is 72.3 Å². The average Bonchev–Trinajstić information content (AvgIpc) is 3.51. The first kappa shape index (κ1) is 20.0. The molecule has 2 atom stereocenters. The molecule has 2 aromatic carbocycles. The van der Waals surface area contributed by atoms with Crippen LogP contribution in [-0.4, -0.2) is 66.5 Å². The van der Waals surface area contributed by atoms with Crippen LogP contribution in [0, 0.1) is 0 Å². The van der Waals surface area contributed by atoms with E-state index in [0.717, 1.165) is 10.9 Å². The highest BCUT2D eigenvalue weighted by atomic mass is 16.2. The Labute approximate surface area is 185 Å². The van der Waals surface area contributed by atoms with Gasteiger partial charge in [0.2, 0.25) is 0 Å². The van der Waals surface area contributed by atoms with Gasteiger partial charge in [0.25, 0.3) is 11.8 Å². The number of aromatic amines is 1. The lowest BCUT2D eigenvalue weighted by Gasteiger charge is -2.45. The van der Waals surface area contributed by atoms with Crippen LogP contribution in [0.5, 0.6) is 0 Å². The SMILES string of the molecule is C[C@@H]1[C@@H](C)N(C(=O)c2ccccc2-n2cncn2)CCN1C(=O)c1ccc2[nH]ccc2c1. The summed E-state index contributed by atoms with van der Waals surface area (Å²) in [5, 5.41) is 5.18. The maximum Gasteiger partial charge on any atom is 0.256 e. The third kappa shape index (κ3) is 3.33. The zero-order valence-corrected chi connectivity index (χ0v) is 18.0. The number of nitrogens with zero attached hydrogens (tertiary/aromatic N) is 5. The monoisotopic (exact) mass is 428 g/mol. The molecule has 8 nitrogen and oxygen atoms in total. The number of amides is 2. The Hall–Kier alpha value is -3.94. The molecule has 1 saturated heterocycles. The van der Waals surface area contributed by atoms with Crippen molar-refractivity contribution < 1.29 is 9.59 Å². The second-order valence-corrected chi connectivity index (χ2v) is 8.12. The van der Waals surface area contributed by atoms with Crippen molar-refractivity contribution >= 4 is 22.7 Å². The fourth-order valence-electron chi connectivity index (χ4n) is 4.41. The second kappa shape index (κ2) is 7.96. The number of fused-ring (bicyclic) bond motifs is 1. The first-order chi connectivity index (χ1) is 15.5. The molecule has 162 valence electrons. The standard InChI is InChI=1S/C24H24N6O2/c1-16-17(2)29(24(32)20-5-3-4-6-22(20)30-15-25-14-27-30)12-11-28(16)23(31)19-7-8-21-18(13-19)9-10-26-21/h3-10,13-17,26H,11-12H2,1-2H3/t16-,17-/m1/s1. The van der Waals surface area contributed by atoms with E-state index >= 15 is 0 Å². The average molecular weight is 428 g/mol. The van der Waals surface area contributed by atoms with Gasteiger partial charge in [0.15, 0.2) is 0 Å². The number of hydrogen-bond acceptors (Lipinski definition) is 4. The van der Waals surface area contributed by atoms with Gasteiger partial charge in [-0.25, -0.2) is 9.67 Å². The molecule has 1 fully saturated rings. The molecule has 3 heterocycles. The van der Waals surface area contributed by atoms with Crippen LogP contribution in [0.4, 0.5) is 0 Å². The van der Waals surface area contributed by atoms with Gasteiger partial charge in [-0.1, -0.05) is 12.1 Å². The highest BCUT2D eigenvalue weighted by Gasteiger charge is 2.37. The highest BCUT2D eigenvalue weighted by Crippen LogP contribution is 2.24. The van der Waals surface area contributed by atoms with Crippen LogP contribution in [0.1, 0.15) is 34.6 Å². The third-order valence-corrected chi connectivity index (χ3v) is 6.39. The summed E-state index contributed by atoms with van der Waals surface area (Å²) >= 11 is 0. The summed E-state index contributed by atoms with van der Waals surface area (Å²) in [6.45, 7) is 4.94. The Morgan fingerprint density at radius 3 is 2.47 bits per heavy atom. The number of hydrogen-bond donors (Lipinski definition) is 1. The van der Waals surface area contributed by atoms with E-state index in [-0.39, 0.29) is 23.9 Å². The quantitative estimate of drug-likeness (QED) is 0.543. The fourth-order valence-corrected chi connectivity index (χ4v) is 4.41. The molecule has 0 saturated carbocycles. The van der Waals surface area contributed by atoms with E-state index < -0.39 is 0 Å². The minimum absolute atomic E-state index is 0.0115. The molecule has 2 aromatic heterocycles. The van der Waals surface area contributed by atoms with Gasteiger partial charge in [0, 0.05) is 47.8 Å². The van der Waals surface area contributed by atoms with Crippen molar-refractivity contribution in [3.8, 4) is 5.69 Å². The van der Waals surface area contributed by atoms with Gasteiger partial charge < -0.3 is 14.8 Å². The lowest BCUT2D eigenvalue weighted by atomic mass is 10.0. The van der Waals surface area contributed by atoms with E-state index in [9.17, 15) is 9.59 Å². The summed E-state index contributed by atoms with van der Waals surface area (Å²) in [6.07, 6.45) is 4.89. The summed E-state index contributed by atoms with van der Waals surface area (Å²) in [6, 6.07) is 14.8. The van der Waals surface area contributed by atoms with Crippen molar-refractivity contribution in [2.75, 3.05) is 13.1 Å². The number of carbonyl (C=O) groups is 2. The molecule has 0 aliphatic carbocycles. The molecule has 0 radical (unpaired) electrons. The minimum atomic E-state index is -0.139. The Bertz CT molecular complexity index is 1280. The Morgan fingerprint density at radius 1 is 0.969 bits per heavy atom. The maximum absolute atomic E-state index is 13.5. The minimum Gasteiger partial charge on any atom is -0.361 e. The predicted molar refractivity (Wildman–Crippen MR) is 121 cm³/mol. The number of nitrogens with one attached hydrogen (secondary N) is 1. The molecule has 1 aliphatic heterocycles. The molecule has 5 rings (SSSR count). The number of aromatic nitrogens is 4. The van der Waals surface area contributed by atoms with E-state index in [0.29, 0.717) is 29.9 Å². The van der Waals surface area contributed by atoms with Crippen LogP contribution in [0.15, 0.2) is 67.4 Å². The summed E-state index contributed by atoms with van der Waals surface area (Å²) in [7, 11) is 0. The number of benzene rings is 2. The van der Waals surface area contributed by atoms with Gasteiger partial charge in [-0.15, -0.1) is 0 Å². The maximum atomic E-state index is 13.5. The topological polar surface area (TPSA) is 87.1 Å². The largest absolute Gasteiger partial charge is 0.361 e. The molecule has 1 N–H and O–H groups in total. The summed E-state index contributed by atoms with van der Waals surface area (Å²) < 4.78 is 1.60. The fraction of sp³-hybridized carbons (Fsp3) is 0.250. The molecular formula is C24H24N6O2. The van der Waals surface area contributed by atoms with Crippen LogP contribution in [0.3, 0.4) is 0 Å². The van der Waals surface area contributed by atoms with Gasteiger partial charge in [0.1, 0.15) is 12.7 Å². The van der Waals surface area contributed by atoms with Crippen molar-refractivity contribution in [2.45, 2.75) is 25.9 Å². The molecule has 0 spiro atoms. The summed E-state index contributed by atoms with van der Waals surface area (Å²) in [4.78, 5) is 37.6. The van der Waals surface area contributed by atoms with Crippen LogP contribution in [-0.2, 0) is 0 Å². The van der Waals surface area contributed by atoms with Gasteiger partial charge in [0.05, 0.1) is 11.3 Å². The van der Waals surface area contributed by atoms with Gasteiger partial charge in [-0.05, 0) is 50.2 Å². The van der Waals surface area contributed by atoms with Crippen LogP contribution < -0.4 is 0 Å². The molecule has 1 aliphatic rings. The zero-order chi connectivity index (χ0) is 22.2. The van der Waals surface area contributed by atoms with Gasteiger partial charge in [-0.2, -0.15) is 5.10 Å². The first-order valence-corrected chi connectivity index (χ1v) is 10.7. The Morgan fingerprint density at radius 2 is 1.72 bits per heavy atom. The highest BCUT2D eigenvalue weighted by molar-refractivity contribution is 6.00. The molecule has 0 bridgehead atoms. The molecule has 8 heteroatoms. The molecule has 2 amide bonds. The van der Waals surface area contributed by atoms with Crippen molar-refractivity contribution in [2.24, 2.45) is 0 Å². The predicted octanol–water partition coefficient (Wildman–Crippen LogP) is 3.12. The lowest BCUT2D eigenvalue weighted by molar-refractivity contribution is 0.0241. The number of para-hydroxylation sites is 1. The summed E-state index contributed by atoms with van der Waals surface area (Å²) in [5.41, 5.74) is 2.92. The van der Waals surface area contributed by atoms with Crippen molar-refractivity contribution in [1.29, 1.82) is 0 Å². The lowest BCUT2D eigenvalue weighted by Crippen LogP contribution is -2.60. The number of piperazine rings is 1. The van der Waals surface area contributed by atoms with E-state index in [2.05, 4.69) is 15.1 Å². The van der Waals surface area contributed by atoms with Crippen LogP contribution in [0.25, 0.3) is 16.6 Å². The first-order valence-electron chi connectivity index (χ1n) is 10.7. The molecule has 4 aromatic rings. The normalized spacial score (nSPS) is 18.8.